The zero-order valence-electron chi connectivity index (χ0n) is 13.7. The summed E-state index contributed by atoms with van der Waals surface area (Å²) < 4.78 is 2.10. The molecule has 2 unspecified atom stereocenters. The molecule has 1 aliphatic rings. The van der Waals surface area contributed by atoms with Crippen LogP contribution in [0.25, 0.3) is 0 Å². The average Bonchev–Trinajstić information content (AvgIpc) is 2.39. The topological polar surface area (TPSA) is 45.5 Å². The lowest BCUT2D eigenvalue weighted by atomic mass is 9.92. The van der Waals surface area contributed by atoms with E-state index in [0.29, 0.717) is 18.4 Å². The van der Waals surface area contributed by atoms with Gasteiger partial charge in [-0.25, -0.2) is 0 Å². The second-order valence-electron chi connectivity index (χ2n) is 6.74. The van der Waals surface area contributed by atoms with Crippen molar-refractivity contribution in [2.24, 2.45) is 11.8 Å². The second-order valence-corrected chi connectivity index (χ2v) is 6.74. The molecule has 4 heteroatoms. The minimum absolute atomic E-state index is 0.0695. The van der Waals surface area contributed by atoms with Gasteiger partial charge >= 0.3 is 0 Å². The van der Waals surface area contributed by atoms with Crippen LogP contribution in [-0.4, -0.2) is 27.7 Å². The number of aromatic nitrogens is 1. The molecule has 1 N–H and O–H groups in total. The Hall–Kier alpha value is -1.29. The van der Waals surface area contributed by atoms with Crippen LogP contribution >= 0.6 is 0 Å². The van der Waals surface area contributed by atoms with Crippen molar-refractivity contribution in [1.29, 1.82) is 0 Å². The molecular formula is C17H28N2O2. The number of likely N-dealkylation sites (tertiary alicyclic amines) is 1. The SMILES string of the molecule is CCCn1c(C)cc(=O)c(O)c1CN1CC(C)CC(C)C1. The van der Waals surface area contributed by atoms with Crippen LogP contribution in [0.2, 0.25) is 0 Å². The minimum atomic E-state index is -0.257. The van der Waals surface area contributed by atoms with Crippen LogP contribution in [0.5, 0.6) is 5.75 Å². The van der Waals surface area contributed by atoms with Crippen molar-refractivity contribution >= 4 is 0 Å². The molecule has 0 radical (unpaired) electrons. The number of hydrogen-bond donors (Lipinski definition) is 1. The molecule has 2 atom stereocenters. The third kappa shape index (κ3) is 3.67. The Balaban J connectivity index is 2.31. The largest absolute Gasteiger partial charge is 0.503 e. The Morgan fingerprint density at radius 3 is 2.48 bits per heavy atom. The van der Waals surface area contributed by atoms with E-state index >= 15 is 0 Å². The van der Waals surface area contributed by atoms with Gasteiger partial charge in [-0.3, -0.25) is 9.69 Å². The summed E-state index contributed by atoms with van der Waals surface area (Å²) in [7, 11) is 0. The number of nitrogens with zero attached hydrogens (tertiary/aromatic N) is 2. The van der Waals surface area contributed by atoms with Crippen LogP contribution in [-0.2, 0) is 13.1 Å². The van der Waals surface area contributed by atoms with Gasteiger partial charge < -0.3 is 9.67 Å². The quantitative estimate of drug-likeness (QED) is 0.928. The molecule has 1 aromatic heterocycles. The molecule has 4 nitrogen and oxygen atoms in total. The van der Waals surface area contributed by atoms with Gasteiger partial charge in [-0.2, -0.15) is 0 Å². The normalized spacial score (nSPS) is 23.4. The highest BCUT2D eigenvalue weighted by molar-refractivity contribution is 5.29. The van der Waals surface area contributed by atoms with Gasteiger partial charge in [0.15, 0.2) is 5.75 Å². The summed E-state index contributed by atoms with van der Waals surface area (Å²) in [6, 6.07) is 1.54. The number of aromatic hydroxyl groups is 1. The van der Waals surface area contributed by atoms with Gasteiger partial charge in [0.2, 0.25) is 5.43 Å². The molecule has 2 heterocycles. The highest BCUT2D eigenvalue weighted by Crippen LogP contribution is 2.24. The standard InChI is InChI=1S/C17H28N2O2/c1-5-6-19-14(4)8-16(20)17(21)15(19)11-18-9-12(2)7-13(3)10-18/h8,12-13,21H,5-7,9-11H2,1-4H3. The van der Waals surface area contributed by atoms with Crippen LogP contribution in [0, 0.1) is 18.8 Å². The summed E-state index contributed by atoms with van der Waals surface area (Å²) in [4.78, 5) is 14.3. The van der Waals surface area contributed by atoms with Crippen LogP contribution in [0.4, 0.5) is 0 Å². The van der Waals surface area contributed by atoms with Crippen molar-refractivity contribution in [3.63, 3.8) is 0 Å². The van der Waals surface area contributed by atoms with Crippen molar-refractivity contribution < 1.29 is 5.11 Å². The molecule has 21 heavy (non-hydrogen) atoms. The maximum absolute atomic E-state index is 11.9. The molecule has 1 saturated heterocycles. The highest BCUT2D eigenvalue weighted by atomic mass is 16.3. The Labute approximate surface area is 127 Å². The van der Waals surface area contributed by atoms with E-state index in [1.165, 1.54) is 12.5 Å². The van der Waals surface area contributed by atoms with Crippen LogP contribution in [0.3, 0.4) is 0 Å². The Morgan fingerprint density at radius 2 is 1.90 bits per heavy atom. The fraction of sp³-hybridized carbons (Fsp3) is 0.706. The summed E-state index contributed by atoms with van der Waals surface area (Å²) in [5, 5.41) is 10.2. The monoisotopic (exact) mass is 292 g/mol. The van der Waals surface area contributed by atoms with Gasteiger partial charge in [0.05, 0.1) is 5.69 Å². The third-order valence-corrected chi connectivity index (χ3v) is 4.36. The first-order valence-electron chi connectivity index (χ1n) is 8.07. The molecule has 1 fully saturated rings. The molecule has 2 rings (SSSR count). The zero-order valence-corrected chi connectivity index (χ0v) is 13.7. The average molecular weight is 292 g/mol. The van der Waals surface area contributed by atoms with Crippen molar-refractivity contribution in [2.45, 2.75) is 53.6 Å². The van der Waals surface area contributed by atoms with Gasteiger partial charge in [0.1, 0.15) is 0 Å². The summed E-state index contributed by atoms with van der Waals surface area (Å²) in [6.07, 6.45) is 2.25. The van der Waals surface area contributed by atoms with Crippen LogP contribution in [0.15, 0.2) is 10.9 Å². The number of aryl methyl sites for hydroxylation is 1. The molecule has 0 bridgehead atoms. The van der Waals surface area contributed by atoms with E-state index < -0.39 is 0 Å². The van der Waals surface area contributed by atoms with E-state index in [1.807, 2.05) is 6.92 Å². The van der Waals surface area contributed by atoms with Crippen molar-refractivity contribution in [2.75, 3.05) is 13.1 Å². The lowest BCUT2D eigenvalue weighted by molar-refractivity contribution is 0.130. The number of hydrogen-bond acceptors (Lipinski definition) is 3. The van der Waals surface area contributed by atoms with Crippen molar-refractivity contribution in [1.82, 2.24) is 9.47 Å². The summed E-state index contributed by atoms with van der Waals surface area (Å²) in [6.45, 7) is 12.2. The summed E-state index contributed by atoms with van der Waals surface area (Å²) in [5.41, 5.74) is 1.46. The van der Waals surface area contributed by atoms with E-state index in [1.54, 1.807) is 0 Å². The lowest BCUT2D eigenvalue weighted by Gasteiger charge is -2.35. The van der Waals surface area contributed by atoms with Crippen molar-refractivity contribution in [3.05, 3.63) is 27.7 Å². The van der Waals surface area contributed by atoms with Gasteiger partial charge in [0, 0.05) is 37.9 Å². The molecular weight excluding hydrogens is 264 g/mol. The van der Waals surface area contributed by atoms with Gasteiger partial charge in [-0.05, 0) is 31.6 Å². The lowest BCUT2D eigenvalue weighted by Crippen LogP contribution is -2.39. The smallest absolute Gasteiger partial charge is 0.223 e. The zero-order chi connectivity index (χ0) is 15.6. The van der Waals surface area contributed by atoms with Gasteiger partial charge in [0.25, 0.3) is 0 Å². The number of pyridine rings is 1. The van der Waals surface area contributed by atoms with Gasteiger partial charge in [-0.15, -0.1) is 0 Å². The maximum atomic E-state index is 11.9. The fourth-order valence-corrected chi connectivity index (χ4v) is 3.65. The minimum Gasteiger partial charge on any atom is -0.503 e. The third-order valence-electron chi connectivity index (χ3n) is 4.36. The first-order chi connectivity index (χ1) is 9.92. The fourth-order valence-electron chi connectivity index (χ4n) is 3.65. The summed E-state index contributed by atoms with van der Waals surface area (Å²) >= 11 is 0. The van der Waals surface area contributed by atoms with E-state index in [0.717, 1.165) is 37.4 Å². The molecule has 1 aromatic rings. The Kier molecular flexibility index (Phi) is 5.09. The number of rotatable bonds is 4. The molecule has 0 saturated carbocycles. The van der Waals surface area contributed by atoms with E-state index in [-0.39, 0.29) is 11.2 Å². The highest BCUT2D eigenvalue weighted by Gasteiger charge is 2.24. The Morgan fingerprint density at radius 1 is 1.29 bits per heavy atom. The molecule has 0 aromatic carbocycles. The molecule has 0 amide bonds. The summed E-state index contributed by atoms with van der Waals surface area (Å²) in [5.74, 6) is 1.28. The molecule has 118 valence electrons. The predicted molar refractivity (Wildman–Crippen MR) is 85.6 cm³/mol. The van der Waals surface area contributed by atoms with E-state index in [4.69, 9.17) is 0 Å². The van der Waals surface area contributed by atoms with E-state index in [9.17, 15) is 9.90 Å². The Bertz CT molecular complexity index is 540. The molecule has 1 aliphatic heterocycles. The molecule has 0 aliphatic carbocycles. The predicted octanol–water partition coefficient (Wildman–Crippen LogP) is 2.75. The first kappa shape index (κ1) is 16.1. The van der Waals surface area contributed by atoms with Crippen molar-refractivity contribution in [3.8, 4) is 5.75 Å². The molecule has 0 spiro atoms. The maximum Gasteiger partial charge on any atom is 0.223 e. The number of piperidine rings is 1. The first-order valence-corrected chi connectivity index (χ1v) is 8.07. The second kappa shape index (κ2) is 6.65. The van der Waals surface area contributed by atoms with Gasteiger partial charge in [-0.1, -0.05) is 20.8 Å². The van der Waals surface area contributed by atoms with Crippen LogP contribution in [0.1, 0.15) is 45.0 Å². The van der Waals surface area contributed by atoms with Crippen LogP contribution < -0.4 is 5.43 Å². The van der Waals surface area contributed by atoms with E-state index in [2.05, 4.69) is 30.2 Å².